The summed E-state index contributed by atoms with van der Waals surface area (Å²) in [6.45, 7) is 12.9. The SMILES string of the molecule is [C-]#[N+]c1cccc2c1c(-c1nc(Nc3cc(NC(=O)C=C)c(N(C)CCN(C)C)cc3OC)ncc1C#N)cn2C1CC1. The summed E-state index contributed by atoms with van der Waals surface area (Å²) in [4.78, 5) is 29.4. The van der Waals surface area contributed by atoms with Crippen LogP contribution in [-0.2, 0) is 4.79 Å². The molecule has 0 spiro atoms. The zero-order valence-electron chi connectivity index (χ0n) is 24.7. The van der Waals surface area contributed by atoms with Crippen LogP contribution in [0.3, 0.4) is 0 Å². The van der Waals surface area contributed by atoms with Gasteiger partial charge >= 0.3 is 0 Å². The summed E-state index contributed by atoms with van der Waals surface area (Å²) in [7, 11) is 7.51. The van der Waals surface area contributed by atoms with Crippen LogP contribution in [0.4, 0.5) is 28.7 Å². The molecule has 2 heterocycles. The van der Waals surface area contributed by atoms with Gasteiger partial charge in [-0.05, 0) is 45.1 Å². The lowest BCUT2D eigenvalue weighted by Crippen LogP contribution is -2.29. The zero-order chi connectivity index (χ0) is 30.7. The number of amides is 1. The third kappa shape index (κ3) is 5.98. The van der Waals surface area contributed by atoms with Gasteiger partial charge in [0.25, 0.3) is 0 Å². The molecule has 2 aromatic carbocycles. The lowest BCUT2D eigenvalue weighted by atomic mass is 10.1. The number of carbonyl (C=O) groups is 1. The van der Waals surface area contributed by atoms with E-state index in [4.69, 9.17) is 16.3 Å². The molecule has 0 unspecified atom stereocenters. The van der Waals surface area contributed by atoms with Crippen LogP contribution < -0.4 is 20.3 Å². The number of nitrogens with one attached hydrogen (secondary N) is 2. The molecule has 2 N–H and O–H groups in total. The summed E-state index contributed by atoms with van der Waals surface area (Å²) in [6.07, 6.45) is 6.82. The molecule has 218 valence electrons. The van der Waals surface area contributed by atoms with Crippen molar-refractivity contribution in [1.82, 2.24) is 19.4 Å². The van der Waals surface area contributed by atoms with Crippen LogP contribution in [0.25, 0.3) is 27.0 Å². The van der Waals surface area contributed by atoms with Gasteiger partial charge in [-0.25, -0.2) is 14.8 Å². The van der Waals surface area contributed by atoms with Crippen molar-refractivity contribution in [3.63, 3.8) is 0 Å². The molecule has 11 nitrogen and oxygen atoms in total. The van der Waals surface area contributed by atoms with Crippen LogP contribution in [0.2, 0.25) is 0 Å². The average molecular weight is 576 g/mol. The fourth-order valence-electron chi connectivity index (χ4n) is 4.98. The second-order valence-electron chi connectivity index (χ2n) is 10.6. The van der Waals surface area contributed by atoms with Gasteiger partial charge in [-0.15, -0.1) is 0 Å². The highest BCUT2D eigenvalue weighted by atomic mass is 16.5. The van der Waals surface area contributed by atoms with Gasteiger partial charge in [0.05, 0.1) is 48.2 Å². The molecule has 43 heavy (non-hydrogen) atoms. The number of methoxy groups -OCH3 is 1. The van der Waals surface area contributed by atoms with E-state index in [0.29, 0.717) is 52.2 Å². The van der Waals surface area contributed by atoms with Crippen molar-refractivity contribution >= 4 is 45.5 Å². The number of likely N-dealkylation sites (N-methyl/N-ethyl adjacent to an activating group) is 2. The van der Waals surface area contributed by atoms with Gasteiger partial charge in [-0.1, -0.05) is 18.7 Å². The van der Waals surface area contributed by atoms with Gasteiger partial charge in [-0.2, -0.15) is 5.26 Å². The molecule has 1 aliphatic carbocycles. The maximum absolute atomic E-state index is 12.3. The van der Waals surface area contributed by atoms with Crippen LogP contribution >= 0.6 is 0 Å². The third-order valence-electron chi connectivity index (χ3n) is 7.36. The summed E-state index contributed by atoms with van der Waals surface area (Å²) < 4.78 is 7.91. The molecule has 0 bridgehead atoms. The lowest BCUT2D eigenvalue weighted by Gasteiger charge is -2.26. The van der Waals surface area contributed by atoms with Crippen molar-refractivity contribution < 1.29 is 9.53 Å². The predicted octanol–water partition coefficient (Wildman–Crippen LogP) is 5.73. The Labute approximate surface area is 250 Å². The fourth-order valence-corrected chi connectivity index (χ4v) is 4.98. The zero-order valence-corrected chi connectivity index (χ0v) is 24.7. The number of hydrogen-bond donors (Lipinski definition) is 2. The molecule has 5 rings (SSSR count). The molecule has 2 aromatic heterocycles. The number of ether oxygens (including phenoxy) is 1. The molecule has 1 fully saturated rings. The van der Waals surface area contributed by atoms with Crippen LogP contribution in [0.5, 0.6) is 5.75 Å². The van der Waals surface area contributed by atoms with Gasteiger partial charge < -0.3 is 29.7 Å². The fraction of sp³-hybridized carbons (Fsp3) is 0.281. The molecule has 0 radical (unpaired) electrons. The lowest BCUT2D eigenvalue weighted by molar-refractivity contribution is -0.111. The van der Waals surface area contributed by atoms with E-state index in [9.17, 15) is 10.1 Å². The summed E-state index contributed by atoms with van der Waals surface area (Å²) >= 11 is 0. The highest BCUT2D eigenvalue weighted by Crippen LogP contribution is 2.45. The maximum atomic E-state index is 12.3. The minimum atomic E-state index is -0.349. The van der Waals surface area contributed by atoms with E-state index in [1.165, 1.54) is 12.3 Å². The standard InChI is InChI=1S/C32H33N9O2/c1-7-29(42)36-24-15-25(28(43-6)16-27(24)40(5)14-13-39(3)4)37-32-35-18-20(17-33)31(38-32)22-19-41(21-11-12-21)26-10-8-9-23(34-2)30(22)26/h7-10,15-16,18-19,21H,1,11-14H2,3-6H3,(H,36,42)(H,35,37,38). The topological polar surface area (TPSA) is 116 Å². The first-order valence-electron chi connectivity index (χ1n) is 13.8. The van der Waals surface area contributed by atoms with Crippen molar-refractivity contribution in [2.75, 3.05) is 56.9 Å². The smallest absolute Gasteiger partial charge is 0.247 e. The minimum Gasteiger partial charge on any atom is -0.494 e. The molecule has 1 amide bonds. The predicted molar refractivity (Wildman–Crippen MR) is 169 cm³/mol. The van der Waals surface area contributed by atoms with E-state index in [-0.39, 0.29) is 11.9 Å². The van der Waals surface area contributed by atoms with Gasteiger partial charge in [0.15, 0.2) is 5.69 Å². The molecular weight excluding hydrogens is 542 g/mol. The van der Waals surface area contributed by atoms with Crippen molar-refractivity contribution in [2.24, 2.45) is 0 Å². The second kappa shape index (κ2) is 12.2. The Morgan fingerprint density at radius 2 is 2.07 bits per heavy atom. The van der Waals surface area contributed by atoms with E-state index in [1.807, 2.05) is 50.4 Å². The van der Waals surface area contributed by atoms with Crippen molar-refractivity contribution in [1.29, 1.82) is 5.26 Å². The van der Waals surface area contributed by atoms with E-state index in [2.05, 4.69) is 42.6 Å². The second-order valence-corrected chi connectivity index (χ2v) is 10.6. The number of nitrogens with zero attached hydrogens (tertiary/aromatic N) is 7. The third-order valence-corrected chi connectivity index (χ3v) is 7.36. The van der Waals surface area contributed by atoms with Crippen molar-refractivity contribution in [2.45, 2.75) is 18.9 Å². The van der Waals surface area contributed by atoms with Crippen LogP contribution in [0.15, 0.2) is 55.4 Å². The highest BCUT2D eigenvalue weighted by Gasteiger charge is 2.28. The monoisotopic (exact) mass is 575 g/mol. The Balaban J connectivity index is 1.59. The first-order chi connectivity index (χ1) is 20.8. The molecule has 1 saturated carbocycles. The first kappa shape index (κ1) is 29.1. The molecule has 4 aromatic rings. The number of anilines is 4. The molecule has 11 heteroatoms. The molecule has 0 saturated heterocycles. The van der Waals surface area contributed by atoms with Crippen molar-refractivity contribution in [3.05, 3.63) is 72.4 Å². The Bertz CT molecular complexity index is 1790. The summed E-state index contributed by atoms with van der Waals surface area (Å²) in [5.41, 5.74) is 4.72. The first-order valence-corrected chi connectivity index (χ1v) is 13.8. The van der Waals surface area contributed by atoms with Crippen LogP contribution in [0, 0.1) is 17.9 Å². The van der Waals surface area contributed by atoms with E-state index < -0.39 is 0 Å². The number of fused-ring (bicyclic) bond motifs is 1. The Hall–Kier alpha value is -5.39. The number of carbonyl (C=O) groups excluding carboxylic acids is 1. The largest absolute Gasteiger partial charge is 0.494 e. The number of nitriles is 1. The van der Waals surface area contributed by atoms with Gasteiger partial charge in [0, 0.05) is 54.9 Å². The molecular formula is C32H33N9O2. The summed E-state index contributed by atoms with van der Waals surface area (Å²) in [6, 6.07) is 11.8. The number of benzene rings is 2. The van der Waals surface area contributed by atoms with Gasteiger partial charge in [-0.3, -0.25) is 4.79 Å². The van der Waals surface area contributed by atoms with E-state index in [1.54, 1.807) is 19.2 Å². The summed E-state index contributed by atoms with van der Waals surface area (Å²) in [5, 5.41) is 16.9. The van der Waals surface area contributed by atoms with E-state index >= 15 is 0 Å². The quantitative estimate of drug-likeness (QED) is 0.172. The van der Waals surface area contributed by atoms with Gasteiger partial charge in [0.1, 0.15) is 11.8 Å². The van der Waals surface area contributed by atoms with Crippen LogP contribution in [-0.4, -0.2) is 66.7 Å². The maximum Gasteiger partial charge on any atom is 0.247 e. The number of rotatable bonds is 11. The van der Waals surface area contributed by atoms with Gasteiger partial charge in [0.2, 0.25) is 11.9 Å². The van der Waals surface area contributed by atoms with Crippen molar-refractivity contribution in [3.8, 4) is 23.1 Å². The molecule has 0 aliphatic heterocycles. The Morgan fingerprint density at radius 1 is 1.28 bits per heavy atom. The van der Waals surface area contributed by atoms with Crippen LogP contribution in [0.1, 0.15) is 24.4 Å². The minimum absolute atomic E-state index is 0.231. The molecule has 1 aliphatic rings. The highest BCUT2D eigenvalue weighted by molar-refractivity contribution is 6.05. The Kier molecular flexibility index (Phi) is 8.28. The summed E-state index contributed by atoms with van der Waals surface area (Å²) in [5.74, 6) is 0.394. The average Bonchev–Trinajstić information content (AvgIpc) is 3.79. The Morgan fingerprint density at radius 3 is 2.72 bits per heavy atom. The normalized spacial score (nSPS) is 12.4. The molecule has 0 atom stereocenters. The number of aromatic nitrogens is 3. The number of hydrogen-bond acceptors (Lipinski definition) is 8. The van der Waals surface area contributed by atoms with E-state index in [0.717, 1.165) is 36.0 Å².